The summed E-state index contributed by atoms with van der Waals surface area (Å²) >= 11 is 0. The van der Waals surface area contributed by atoms with E-state index in [9.17, 15) is 9.59 Å². The lowest BCUT2D eigenvalue weighted by atomic mass is 9.88. The molecule has 1 saturated heterocycles. The summed E-state index contributed by atoms with van der Waals surface area (Å²) in [7, 11) is 2.09. The number of rotatable bonds is 3. The predicted octanol–water partition coefficient (Wildman–Crippen LogP) is 4.41. The number of nitrogens with zero attached hydrogens (tertiary/aromatic N) is 2. The van der Waals surface area contributed by atoms with Crippen molar-refractivity contribution in [3.05, 3.63) is 77.0 Å². The first-order valence-electron chi connectivity index (χ1n) is 9.72. The van der Waals surface area contributed by atoms with E-state index in [4.69, 9.17) is 0 Å². The van der Waals surface area contributed by atoms with Gasteiger partial charge in [0.2, 0.25) is 0 Å². The fourth-order valence-electron chi connectivity index (χ4n) is 3.91. The zero-order valence-electron chi connectivity index (χ0n) is 17.2. The first-order valence-corrected chi connectivity index (χ1v) is 9.72. The Bertz CT molecular complexity index is 1050. The molecule has 2 heterocycles. The van der Waals surface area contributed by atoms with Crippen LogP contribution in [0.5, 0.6) is 0 Å². The Hall–Kier alpha value is -3.34. The highest BCUT2D eigenvalue weighted by molar-refractivity contribution is 6.14. The van der Waals surface area contributed by atoms with Gasteiger partial charge in [-0.1, -0.05) is 42.5 Å². The number of nitrogens with one attached hydrogen (secondary N) is 1. The molecule has 2 aromatic rings. The molecule has 0 saturated carbocycles. The van der Waals surface area contributed by atoms with Crippen molar-refractivity contribution in [2.75, 3.05) is 11.9 Å². The average Bonchev–Trinajstić information content (AvgIpc) is 2.94. The smallest absolute Gasteiger partial charge is 0.329 e. The molecule has 1 N–H and O–H groups in total. The van der Waals surface area contributed by atoms with Gasteiger partial charge in [-0.25, -0.2) is 4.79 Å². The van der Waals surface area contributed by atoms with Crippen LogP contribution in [0.3, 0.4) is 0 Å². The summed E-state index contributed by atoms with van der Waals surface area (Å²) in [6.45, 7) is 6.73. The van der Waals surface area contributed by atoms with E-state index in [0.29, 0.717) is 5.70 Å². The lowest BCUT2D eigenvalue weighted by molar-refractivity contribution is -0.123. The molecule has 0 aliphatic carbocycles. The van der Waals surface area contributed by atoms with Crippen molar-refractivity contribution < 1.29 is 9.59 Å². The van der Waals surface area contributed by atoms with Crippen LogP contribution in [0.4, 0.5) is 10.5 Å². The summed E-state index contributed by atoms with van der Waals surface area (Å²) in [6.07, 6.45) is 3.99. The van der Waals surface area contributed by atoms with Gasteiger partial charge >= 0.3 is 6.03 Å². The molecule has 2 aliphatic rings. The normalized spacial score (nSPS) is 19.3. The van der Waals surface area contributed by atoms with E-state index >= 15 is 0 Å². The number of imide groups is 1. The van der Waals surface area contributed by atoms with E-state index < -0.39 is 0 Å². The van der Waals surface area contributed by atoms with Crippen molar-refractivity contribution in [2.45, 2.75) is 32.9 Å². The molecule has 0 unspecified atom stereocenters. The molecule has 5 heteroatoms. The number of allylic oxidation sites excluding steroid dienone is 1. The molecule has 3 amide bonds. The van der Waals surface area contributed by atoms with E-state index in [1.807, 2.05) is 36.4 Å². The van der Waals surface area contributed by atoms with Crippen LogP contribution < -0.4 is 10.2 Å². The maximum atomic E-state index is 12.8. The molecule has 2 aliphatic heterocycles. The van der Waals surface area contributed by atoms with Crippen LogP contribution in [0.2, 0.25) is 0 Å². The number of fused-ring (bicyclic) bond motifs is 1. The van der Waals surface area contributed by atoms with Crippen LogP contribution in [-0.2, 0) is 11.3 Å². The van der Waals surface area contributed by atoms with Gasteiger partial charge in [0.05, 0.1) is 12.1 Å². The second-order valence-electron chi connectivity index (χ2n) is 8.18. The van der Waals surface area contributed by atoms with Gasteiger partial charge in [0.25, 0.3) is 5.91 Å². The van der Waals surface area contributed by atoms with Crippen LogP contribution >= 0.6 is 0 Å². The molecule has 0 radical (unpaired) electrons. The number of hydrogen-bond donors (Lipinski definition) is 1. The average molecular weight is 387 g/mol. The Morgan fingerprint density at radius 1 is 1.07 bits per heavy atom. The fourth-order valence-corrected chi connectivity index (χ4v) is 3.91. The molecule has 5 nitrogen and oxygen atoms in total. The van der Waals surface area contributed by atoms with E-state index in [-0.39, 0.29) is 24.0 Å². The standard InChI is InChI=1S/C24H25N3O2/c1-16-14-24(2,3)26(4)21-11-10-18(12-19(16)21)13-20-22(28)27(23(29)25-20)15-17-8-6-5-7-9-17/h5-14H,15H2,1-4H3,(H,25,29)/b20-13+. The molecular weight excluding hydrogens is 362 g/mol. The summed E-state index contributed by atoms with van der Waals surface area (Å²) < 4.78 is 0. The summed E-state index contributed by atoms with van der Waals surface area (Å²) in [5, 5.41) is 2.71. The Balaban J connectivity index is 1.62. The first kappa shape index (κ1) is 19.0. The fraction of sp³-hybridized carbons (Fsp3) is 0.250. The first-order chi connectivity index (χ1) is 13.8. The lowest BCUT2D eigenvalue weighted by Gasteiger charge is -2.40. The molecule has 29 heavy (non-hydrogen) atoms. The number of benzene rings is 2. The molecule has 0 atom stereocenters. The zero-order valence-corrected chi connectivity index (χ0v) is 17.2. The van der Waals surface area contributed by atoms with E-state index in [1.54, 1.807) is 6.08 Å². The Morgan fingerprint density at radius 3 is 2.52 bits per heavy atom. The summed E-state index contributed by atoms with van der Waals surface area (Å²) in [5.41, 5.74) is 5.55. The van der Waals surface area contributed by atoms with Crippen molar-refractivity contribution in [2.24, 2.45) is 0 Å². The highest BCUT2D eigenvalue weighted by Gasteiger charge is 2.34. The SMILES string of the molecule is CC1=CC(C)(C)N(C)c2ccc(/C=C3/NC(=O)N(Cc4ccccc4)C3=O)cc21. The van der Waals surface area contributed by atoms with Gasteiger partial charge in [-0.2, -0.15) is 0 Å². The zero-order chi connectivity index (χ0) is 20.8. The van der Waals surface area contributed by atoms with Crippen molar-refractivity contribution in [1.29, 1.82) is 0 Å². The predicted molar refractivity (Wildman–Crippen MR) is 116 cm³/mol. The molecule has 0 spiro atoms. The quantitative estimate of drug-likeness (QED) is 0.627. The monoisotopic (exact) mass is 387 g/mol. The molecular formula is C24H25N3O2. The van der Waals surface area contributed by atoms with E-state index in [1.165, 1.54) is 10.5 Å². The largest absolute Gasteiger partial charge is 0.366 e. The second-order valence-corrected chi connectivity index (χ2v) is 8.18. The third-order valence-corrected chi connectivity index (χ3v) is 5.70. The molecule has 148 valence electrons. The third-order valence-electron chi connectivity index (χ3n) is 5.70. The number of anilines is 1. The summed E-state index contributed by atoms with van der Waals surface area (Å²) in [6, 6.07) is 15.2. The Kier molecular flexibility index (Phi) is 4.53. The minimum atomic E-state index is -0.388. The highest BCUT2D eigenvalue weighted by atomic mass is 16.2. The van der Waals surface area contributed by atoms with E-state index in [0.717, 1.165) is 22.4 Å². The molecule has 4 rings (SSSR count). The van der Waals surface area contributed by atoms with Crippen molar-refractivity contribution in [1.82, 2.24) is 10.2 Å². The number of likely N-dealkylation sites (N-methyl/N-ethyl adjacent to an activating group) is 1. The summed E-state index contributed by atoms with van der Waals surface area (Å²) in [5.74, 6) is -0.304. The number of hydrogen-bond acceptors (Lipinski definition) is 3. The number of urea groups is 1. The maximum Gasteiger partial charge on any atom is 0.329 e. The van der Waals surface area contributed by atoms with Gasteiger partial charge in [0.15, 0.2) is 0 Å². The van der Waals surface area contributed by atoms with Crippen molar-refractivity contribution in [3.63, 3.8) is 0 Å². The molecule has 1 fully saturated rings. The topological polar surface area (TPSA) is 52.7 Å². The van der Waals surface area contributed by atoms with Gasteiger partial charge in [-0.05, 0) is 55.7 Å². The van der Waals surface area contributed by atoms with Gasteiger partial charge in [0.1, 0.15) is 5.70 Å². The van der Waals surface area contributed by atoms with Gasteiger partial charge < -0.3 is 10.2 Å². The van der Waals surface area contributed by atoms with Crippen LogP contribution in [0, 0.1) is 0 Å². The van der Waals surface area contributed by atoms with Crippen molar-refractivity contribution >= 4 is 29.3 Å². The van der Waals surface area contributed by atoms with Gasteiger partial charge in [-0.15, -0.1) is 0 Å². The van der Waals surface area contributed by atoms with Gasteiger partial charge in [-0.3, -0.25) is 9.69 Å². The maximum absolute atomic E-state index is 12.8. The highest BCUT2D eigenvalue weighted by Crippen LogP contribution is 2.38. The van der Waals surface area contributed by atoms with Gasteiger partial charge in [0, 0.05) is 18.3 Å². The van der Waals surface area contributed by atoms with Crippen LogP contribution in [0.25, 0.3) is 11.6 Å². The third kappa shape index (κ3) is 3.44. The molecule has 2 aromatic carbocycles. The van der Waals surface area contributed by atoms with Crippen molar-refractivity contribution in [3.8, 4) is 0 Å². The van der Waals surface area contributed by atoms with Crippen LogP contribution in [0.1, 0.15) is 37.5 Å². The minimum absolute atomic E-state index is 0.0512. The summed E-state index contributed by atoms with van der Waals surface area (Å²) in [4.78, 5) is 28.6. The Labute approximate surface area is 171 Å². The second kappa shape index (κ2) is 6.92. The number of carbonyl (C=O) groups excluding carboxylic acids is 2. The number of amides is 3. The molecule has 0 bridgehead atoms. The number of carbonyl (C=O) groups is 2. The Morgan fingerprint density at radius 2 is 1.79 bits per heavy atom. The van der Waals surface area contributed by atoms with Crippen LogP contribution in [-0.4, -0.2) is 29.4 Å². The minimum Gasteiger partial charge on any atom is -0.366 e. The van der Waals surface area contributed by atoms with Crippen LogP contribution in [0.15, 0.2) is 60.3 Å². The lowest BCUT2D eigenvalue weighted by Crippen LogP contribution is -2.42. The van der Waals surface area contributed by atoms with E-state index in [2.05, 4.69) is 56.2 Å². The molecule has 0 aromatic heterocycles.